The Labute approximate surface area is 178 Å². The summed E-state index contributed by atoms with van der Waals surface area (Å²) < 4.78 is 57.0. The summed E-state index contributed by atoms with van der Waals surface area (Å²) >= 11 is 0. The van der Waals surface area contributed by atoms with Gasteiger partial charge >= 0.3 is 0 Å². The first kappa shape index (κ1) is 25.8. The summed E-state index contributed by atoms with van der Waals surface area (Å²) in [6.07, 6.45) is -5.00. The van der Waals surface area contributed by atoms with Crippen LogP contribution in [0.1, 0.15) is 0 Å². The minimum atomic E-state index is -0.820. The third kappa shape index (κ3) is 5.48. The molecule has 11 nitrogen and oxygen atoms in total. The lowest BCUT2D eigenvalue weighted by Crippen LogP contribution is -2.67. The van der Waals surface area contributed by atoms with Crippen molar-refractivity contribution >= 4 is 0 Å². The van der Waals surface area contributed by atoms with Crippen LogP contribution in [0.5, 0.6) is 0 Å². The minimum Gasteiger partial charge on any atom is -0.382 e. The lowest BCUT2D eigenvalue weighted by Gasteiger charge is -2.49. The Morgan fingerprint density at radius 3 is 1.47 bits per heavy atom. The van der Waals surface area contributed by atoms with Crippen LogP contribution in [0.25, 0.3) is 0 Å². The van der Waals surface area contributed by atoms with Gasteiger partial charge in [-0.3, -0.25) is 0 Å². The topological polar surface area (TPSA) is 118 Å². The zero-order chi connectivity index (χ0) is 22.3. The summed E-state index contributed by atoms with van der Waals surface area (Å²) in [5.74, 6) is 0. The van der Waals surface area contributed by atoms with Crippen LogP contribution in [0.4, 0.5) is 0 Å². The van der Waals surface area contributed by atoms with Gasteiger partial charge in [0.2, 0.25) is 0 Å². The van der Waals surface area contributed by atoms with Crippen LogP contribution in [0.2, 0.25) is 0 Å². The third-order valence-electron chi connectivity index (χ3n) is 5.56. The summed E-state index contributed by atoms with van der Waals surface area (Å²) in [5.41, 5.74) is 6.40. The highest BCUT2D eigenvalue weighted by Crippen LogP contribution is 2.32. The van der Waals surface area contributed by atoms with E-state index in [1.807, 2.05) is 0 Å². The van der Waals surface area contributed by atoms with Crippen molar-refractivity contribution in [3.05, 3.63) is 0 Å². The second-order valence-corrected chi connectivity index (χ2v) is 7.21. The Bertz CT molecular complexity index is 486. The van der Waals surface area contributed by atoms with Gasteiger partial charge in [-0.1, -0.05) is 0 Å². The SMILES string of the molecule is COCC1O[C@@H](OC)C(N)C(OC2OC(COC)[C@H](OC)C(OC)C2OC)[C@@H]1OC. The van der Waals surface area contributed by atoms with Crippen LogP contribution >= 0.6 is 0 Å². The van der Waals surface area contributed by atoms with Crippen molar-refractivity contribution < 1.29 is 47.4 Å². The molecule has 2 heterocycles. The van der Waals surface area contributed by atoms with Gasteiger partial charge < -0.3 is 53.1 Å². The van der Waals surface area contributed by atoms with Crippen molar-refractivity contribution in [2.75, 3.05) is 63.0 Å². The Balaban J connectivity index is 2.29. The van der Waals surface area contributed by atoms with E-state index in [-0.39, 0.29) is 13.2 Å². The zero-order valence-corrected chi connectivity index (χ0v) is 18.8. The first-order chi connectivity index (χ1) is 14.5. The van der Waals surface area contributed by atoms with Crippen molar-refractivity contribution in [3.8, 4) is 0 Å². The maximum atomic E-state index is 6.40. The number of ether oxygens (including phenoxy) is 10. The summed E-state index contributed by atoms with van der Waals surface area (Å²) in [6, 6.07) is -0.642. The highest BCUT2D eigenvalue weighted by atomic mass is 16.7. The van der Waals surface area contributed by atoms with Gasteiger partial charge in [-0.2, -0.15) is 0 Å². The van der Waals surface area contributed by atoms with E-state index in [1.54, 1.807) is 42.7 Å². The summed E-state index contributed by atoms with van der Waals surface area (Å²) in [4.78, 5) is 0. The minimum absolute atomic E-state index is 0.281. The molecule has 0 spiro atoms. The van der Waals surface area contributed by atoms with Crippen molar-refractivity contribution in [2.45, 2.75) is 61.3 Å². The molecular weight excluding hydrogens is 402 g/mol. The molecule has 0 amide bonds. The summed E-state index contributed by atoms with van der Waals surface area (Å²) in [7, 11) is 11.0. The van der Waals surface area contributed by atoms with E-state index < -0.39 is 61.3 Å². The van der Waals surface area contributed by atoms with Crippen molar-refractivity contribution in [3.63, 3.8) is 0 Å². The molecule has 2 N–H and O–H groups in total. The Morgan fingerprint density at radius 1 is 0.567 bits per heavy atom. The average Bonchev–Trinajstić information content (AvgIpc) is 2.75. The predicted molar refractivity (Wildman–Crippen MR) is 104 cm³/mol. The number of hydrogen-bond donors (Lipinski definition) is 1. The molecule has 0 radical (unpaired) electrons. The Kier molecular flexibility index (Phi) is 10.8. The van der Waals surface area contributed by atoms with Crippen molar-refractivity contribution in [1.82, 2.24) is 0 Å². The quantitative estimate of drug-likeness (QED) is 0.433. The zero-order valence-electron chi connectivity index (χ0n) is 18.8. The van der Waals surface area contributed by atoms with E-state index in [2.05, 4.69) is 0 Å². The number of hydrogen-bond acceptors (Lipinski definition) is 11. The summed E-state index contributed by atoms with van der Waals surface area (Å²) in [6.45, 7) is 0.568. The van der Waals surface area contributed by atoms with Crippen LogP contribution in [0.15, 0.2) is 0 Å². The number of nitrogens with two attached hydrogens (primary N) is 1. The fourth-order valence-electron chi connectivity index (χ4n) is 4.13. The first-order valence-electron chi connectivity index (χ1n) is 9.84. The molecule has 11 heteroatoms. The average molecular weight is 440 g/mol. The fourth-order valence-corrected chi connectivity index (χ4v) is 4.13. The number of rotatable bonds is 11. The smallest absolute Gasteiger partial charge is 0.187 e. The van der Waals surface area contributed by atoms with Crippen LogP contribution in [-0.4, -0.2) is 124 Å². The second kappa shape index (κ2) is 12.6. The highest BCUT2D eigenvalue weighted by molar-refractivity contribution is 4.97. The van der Waals surface area contributed by atoms with E-state index in [0.29, 0.717) is 0 Å². The summed E-state index contributed by atoms with van der Waals surface area (Å²) in [5, 5.41) is 0. The van der Waals surface area contributed by atoms with Crippen LogP contribution in [0.3, 0.4) is 0 Å². The molecule has 0 aromatic rings. The van der Waals surface area contributed by atoms with Gasteiger partial charge in [0.1, 0.15) is 42.7 Å². The molecule has 10 atom stereocenters. The van der Waals surface area contributed by atoms with E-state index in [1.165, 1.54) is 7.11 Å². The standard InChI is InChI=1S/C19H37NO10/c1-21-8-10-13(23-3)15(12(20)18(27-7)28-10)30-19-17(26-6)16(25-5)14(24-4)11(29-19)9-22-2/h10-19H,8-9,20H2,1-7H3/t10?,11?,12?,13-,14+,15?,16?,17?,18-,19?/m1/s1. The molecule has 178 valence electrons. The lowest BCUT2D eigenvalue weighted by atomic mass is 9.95. The van der Waals surface area contributed by atoms with Crippen LogP contribution in [0, 0.1) is 0 Å². The van der Waals surface area contributed by atoms with E-state index in [4.69, 9.17) is 53.1 Å². The van der Waals surface area contributed by atoms with Gasteiger partial charge in [0.15, 0.2) is 12.6 Å². The van der Waals surface area contributed by atoms with Gasteiger partial charge in [0.25, 0.3) is 0 Å². The molecule has 7 unspecified atom stereocenters. The molecule has 0 saturated carbocycles. The molecular formula is C19H37NO10. The third-order valence-corrected chi connectivity index (χ3v) is 5.56. The normalized spacial score (nSPS) is 42.4. The maximum Gasteiger partial charge on any atom is 0.187 e. The molecule has 0 aromatic heterocycles. The van der Waals surface area contributed by atoms with Gasteiger partial charge in [0, 0.05) is 49.8 Å². The van der Waals surface area contributed by atoms with Crippen LogP contribution in [-0.2, 0) is 47.4 Å². The first-order valence-corrected chi connectivity index (χ1v) is 9.84. The molecule has 0 aliphatic carbocycles. The van der Waals surface area contributed by atoms with Crippen LogP contribution < -0.4 is 5.73 Å². The maximum absolute atomic E-state index is 6.40. The highest BCUT2D eigenvalue weighted by Gasteiger charge is 2.52. The Morgan fingerprint density at radius 2 is 1.03 bits per heavy atom. The molecule has 2 aliphatic rings. The predicted octanol–water partition coefficient (Wildman–Crippen LogP) is -0.852. The Hall–Kier alpha value is -0.440. The monoisotopic (exact) mass is 439 g/mol. The fraction of sp³-hybridized carbons (Fsp3) is 1.00. The molecule has 2 aliphatic heterocycles. The van der Waals surface area contributed by atoms with Gasteiger partial charge in [-0.15, -0.1) is 0 Å². The molecule has 0 bridgehead atoms. The van der Waals surface area contributed by atoms with Gasteiger partial charge in [-0.05, 0) is 0 Å². The van der Waals surface area contributed by atoms with E-state index in [9.17, 15) is 0 Å². The molecule has 2 saturated heterocycles. The van der Waals surface area contributed by atoms with Gasteiger partial charge in [0.05, 0.1) is 19.3 Å². The van der Waals surface area contributed by atoms with E-state index in [0.717, 1.165) is 0 Å². The molecule has 2 fully saturated rings. The molecule has 30 heavy (non-hydrogen) atoms. The molecule has 2 rings (SSSR count). The number of methoxy groups -OCH3 is 7. The molecule has 0 aromatic carbocycles. The second-order valence-electron chi connectivity index (χ2n) is 7.21. The van der Waals surface area contributed by atoms with Crippen molar-refractivity contribution in [2.24, 2.45) is 5.73 Å². The van der Waals surface area contributed by atoms with E-state index >= 15 is 0 Å². The lowest BCUT2D eigenvalue weighted by molar-refractivity contribution is -0.349. The van der Waals surface area contributed by atoms with Gasteiger partial charge in [-0.25, -0.2) is 0 Å². The largest absolute Gasteiger partial charge is 0.382 e. The van der Waals surface area contributed by atoms with Crippen molar-refractivity contribution in [1.29, 1.82) is 0 Å².